The minimum Gasteiger partial charge on any atom is -0.376 e. The summed E-state index contributed by atoms with van der Waals surface area (Å²) in [5.41, 5.74) is 6.02. The van der Waals surface area contributed by atoms with Crippen LogP contribution in [0.5, 0.6) is 0 Å². The van der Waals surface area contributed by atoms with Gasteiger partial charge in [-0.25, -0.2) is 4.85 Å². The normalized spacial score (nSPS) is 14.8. The Balaban J connectivity index is 1.44. The number of benzene rings is 2. The molecule has 1 fully saturated rings. The summed E-state index contributed by atoms with van der Waals surface area (Å²) in [5, 5.41) is 0. The predicted molar refractivity (Wildman–Crippen MR) is 115 cm³/mol. The highest BCUT2D eigenvalue weighted by Gasteiger charge is 2.18. The Kier molecular flexibility index (Phi) is 6.36. The Morgan fingerprint density at radius 3 is 2.52 bits per heavy atom. The molecule has 27 heavy (non-hydrogen) atoms. The summed E-state index contributed by atoms with van der Waals surface area (Å²) in [6.07, 6.45) is 1.14. The highest BCUT2D eigenvalue weighted by atomic mass is 15.3. The molecule has 3 rings (SSSR count). The van der Waals surface area contributed by atoms with E-state index in [1.165, 1.54) is 16.8 Å². The second-order valence-electron chi connectivity index (χ2n) is 7.45. The monoisotopic (exact) mass is 362 g/mol. The van der Waals surface area contributed by atoms with E-state index in [1.54, 1.807) is 0 Å². The van der Waals surface area contributed by atoms with Crippen LogP contribution in [-0.4, -0.2) is 51.2 Å². The number of anilines is 2. The van der Waals surface area contributed by atoms with E-state index >= 15 is 0 Å². The first kappa shape index (κ1) is 19.3. The minimum absolute atomic E-state index is 0.710. The molecule has 2 aromatic carbocycles. The molecule has 0 atom stereocenters. The van der Waals surface area contributed by atoms with Gasteiger partial charge < -0.3 is 9.80 Å². The summed E-state index contributed by atoms with van der Waals surface area (Å²) < 4.78 is 0. The van der Waals surface area contributed by atoms with Gasteiger partial charge in [0.25, 0.3) is 0 Å². The van der Waals surface area contributed by atoms with E-state index in [0.29, 0.717) is 5.69 Å². The summed E-state index contributed by atoms with van der Waals surface area (Å²) in [7, 11) is 2.11. The van der Waals surface area contributed by atoms with E-state index < -0.39 is 0 Å². The lowest BCUT2D eigenvalue weighted by Crippen LogP contribution is -2.47. The van der Waals surface area contributed by atoms with Crippen molar-refractivity contribution in [2.75, 3.05) is 56.1 Å². The van der Waals surface area contributed by atoms with Crippen LogP contribution in [0.25, 0.3) is 4.85 Å². The molecule has 0 aromatic heterocycles. The van der Waals surface area contributed by atoms with Crippen LogP contribution in [0.4, 0.5) is 17.1 Å². The van der Waals surface area contributed by atoms with Gasteiger partial charge in [0, 0.05) is 51.1 Å². The Hall–Kier alpha value is -2.51. The Bertz CT molecular complexity index is 800. The molecular formula is C23H30N4. The van der Waals surface area contributed by atoms with Crippen LogP contribution in [0.3, 0.4) is 0 Å². The van der Waals surface area contributed by atoms with Gasteiger partial charge in [0.05, 0.1) is 6.57 Å². The summed E-state index contributed by atoms with van der Waals surface area (Å²) >= 11 is 0. The van der Waals surface area contributed by atoms with Gasteiger partial charge in [-0.05, 0) is 56.1 Å². The van der Waals surface area contributed by atoms with Crippen LogP contribution >= 0.6 is 0 Å². The van der Waals surface area contributed by atoms with Crippen molar-refractivity contribution in [3.8, 4) is 0 Å². The lowest BCUT2D eigenvalue weighted by Gasteiger charge is -2.37. The molecule has 1 aliphatic rings. The highest BCUT2D eigenvalue weighted by molar-refractivity contribution is 5.58. The second-order valence-corrected chi connectivity index (χ2v) is 7.45. The fourth-order valence-corrected chi connectivity index (χ4v) is 3.75. The van der Waals surface area contributed by atoms with Gasteiger partial charge in [-0.1, -0.05) is 24.3 Å². The van der Waals surface area contributed by atoms with E-state index in [2.05, 4.69) is 64.7 Å². The number of nitrogens with zero attached hydrogens (tertiary/aromatic N) is 4. The number of aryl methyl sites for hydroxylation is 1. The third-order valence-corrected chi connectivity index (χ3v) is 5.66. The summed E-state index contributed by atoms with van der Waals surface area (Å²) in [6.45, 7) is 18.2. The molecule has 4 nitrogen and oxygen atoms in total. The fourth-order valence-electron chi connectivity index (χ4n) is 3.75. The average molecular weight is 363 g/mol. The van der Waals surface area contributed by atoms with E-state index in [9.17, 15) is 0 Å². The zero-order chi connectivity index (χ0) is 19.2. The van der Waals surface area contributed by atoms with Crippen molar-refractivity contribution >= 4 is 17.1 Å². The van der Waals surface area contributed by atoms with Gasteiger partial charge in [0.15, 0.2) is 5.69 Å². The lowest BCUT2D eigenvalue weighted by atomic mass is 10.1. The SMILES string of the molecule is [C-]#[N+]c1cccc(N(C)CCCN2CCN(c3cccc(C)c3C)CC2)c1. The maximum absolute atomic E-state index is 7.15. The summed E-state index contributed by atoms with van der Waals surface area (Å²) in [4.78, 5) is 10.9. The van der Waals surface area contributed by atoms with Gasteiger partial charge in [-0.15, -0.1) is 0 Å². The van der Waals surface area contributed by atoms with Crippen molar-refractivity contribution in [1.82, 2.24) is 4.90 Å². The van der Waals surface area contributed by atoms with E-state index in [-0.39, 0.29) is 0 Å². The van der Waals surface area contributed by atoms with E-state index in [4.69, 9.17) is 6.57 Å². The summed E-state index contributed by atoms with van der Waals surface area (Å²) in [6, 6.07) is 14.5. The molecule has 142 valence electrons. The first-order chi connectivity index (χ1) is 13.1. The molecule has 0 amide bonds. The topological polar surface area (TPSA) is 14.1 Å². The largest absolute Gasteiger partial charge is 0.376 e. The average Bonchev–Trinajstić information content (AvgIpc) is 2.70. The van der Waals surface area contributed by atoms with Gasteiger partial charge in [0.2, 0.25) is 0 Å². The van der Waals surface area contributed by atoms with Gasteiger partial charge in [0.1, 0.15) is 0 Å². The first-order valence-electron chi connectivity index (χ1n) is 9.80. The third kappa shape index (κ3) is 4.81. The van der Waals surface area contributed by atoms with Crippen LogP contribution in [0, 0.1) is 20.4 Å². The van der Waals surface area contributed by atoms with Crippen LogP contribution in [0.2, 0.25) is 0 Å². The summed E-state index contributed by atoms with van der Waals surface area (Å²) in [5.74, 6) is 0. The molecule has 0 aliphatic carbocycles. The van der Waals surface area contributed by atoms with Crippen molar-refractivity contribution in [1.29, 1.82) is 0 Å². The molecular weight excluding hydrogens is 332 g/mol. The zero-order valence-corrected chi connectivity index (χ0v) is 16.8. The van der Waals surface area contributed by atoms with Crippen molar-refractivity contribution < 1.29 is 0 Å². The van der Waals surface area contributed by atoms with E-state index in [0.717, 1.165) is 51.4 Å². The molecule has 0 bridgehead atoms. The van der Waals surface area contributed by atoms with Gasteiger partial charge >= 0.3 is 0 Å². The molecule has 1 aliphatic heterocycles. The van der Waals surface area contributed by atoms with Crippen LogP contribution in [-0.2, 0) is 0 Å². The van der Waals surface area contributed by atoms with Crippen LogP contribution < -0.4 is 9.80 Å². The van der Waals surface area contributed by atoms with Gasteiger partial charge in [-0.2, -0.15) is 0 Å². The molecule has 4 heteroatoms. The maximum Gasteiger partial charge on any atom is 0.189 e. The molecule has 0 radical (unpaired) electrons. The maximum atomic E-state index is 7.15. The van der Waals surface area contributed by atoms with Crippen molar-refractivity contribution in [3.05, 3.63) is 65.0 Å². The molecule has 0 unspecified atom stereocenters. The van der Waals surface area contributed by atoms with E-state index in [1.807, 2.05) is 18.2 Å². The number of piperazine rings is 1. The lowest BCUT2D eigenvalue weighted by molar-refractivity contribution is 0.256. The quantitative estimate of drug-likeness (QED) is 0.703. The van der Waals surface area contributed by atoms with Crippen LogP contribution in [0.1, 0.15) is 17.5 Å². The molecule has 0 saturated carbocycles. The Labute approximate surface area is 163 Å². The number of hydrogen-bond donors (Lipinski definition) is 0. The number of hydrogen-bond acceptors (Lipinski definition) is 3. The molecule has 0 N–H and O–H groups in total. The standard InChI is InChI=1S/C23H30N4/c1-19-8-5-11-23(20(19)2)27-16-14-26(15-17-27)13-7-12-25(4)22-10-6-9-21(18-22)24-3/h5-6,8-11,18H,7,12-17H2,1-2,4H3. The minimum atomic E-state index is 0.710. The third-order valence-electron chi connectivity index (χ3n) is 5.66. The first-order valence-corrected chi connectivity index (χ1v) is 9.80. The predicted octanol–water partition coefficient (Wildman–Crippen LogP) is 4.50. The Morgan fingerprint density at radius 1 is 1.04 bits per heavy atom. The van der Waals surface area contributed by atoms with Gasteiger partial charge in [-0.3, -0.25) is 4.90 Å². The smallest absolute Gasteiger partial charge is 0.189 e. The molecule has 0 spiro atoms. The zero-order valence-electron chi connectivity index (χ0n) is 16.8. The van der Waals surface area contributed by atoms with Crippen LogP contribution in [0.15, 0.2) is 42.5 Å². The molecule has 1 heterocycles. The van der Waals surface area contributed by atoms with Crippen molar-refractivity contribution in [3.63, 3.8) is 0 Å². The highest BCUT2D eigenvalue weighted by Crippen LogP contribution is 2.24. The fraction of sp³-hybridized carbons (Fsp3) is 0.435. The second kappa shape index (κ2) is 8.92. The van der Waals surface area contributed by atoms with Crippen molar-refractivity contribution in [2.24, 2.45) is 0 Å². The number of rotatable bonds is 6. The molecule has 1 saturated heterocycles. The van der Waals surface area contributed by atoms with Crippen molar-refractivity contribution in [2.45, 2.75) is 20.3 Å². The Morgan fingerprint density at radius 2 is 1.78 bits per heavy atom. The molecule has 2 aromatic rings.